The van der Waals surface area contributed by atoms with Gasteiger partial charge in [-0.25, -0.2) is 8.42 Å². The van der Waals surface area contributed by atoms with E-state index in [0.29, 0.717) is 13.1 Å². The molecule has 2 rings (SSSR count). The molecule has 0 saturated carbocycles. The Morgan fingerprint density at radius 2 is 1.65 bits per heavy atom. The van der Waals surface area contributed by atoms with E-state index in [2.05, 4.69) is 5.32 Å². The van der Waals surface area contributed by atoms with Crippen LogP contribution in [0.2, 0.25) is 0 Å². The summed E-state index contributed by atoms with van der Waals surface area (Å²) in [5, 5.41) is 2.82. The van der Waals surface area contributed by atoms with E-state index in [4.69, 9.17) is 0 Å². The molecule has 0 fully saturated rings. The summed E-state index contributed by atoms with van der Waals surface area (Å²) in [6, 6.07) is 14.0. The molecule has 6 heteroatoms. The van der Waals surface area contributed by atoms with E-state index in [1.807, 2.05) is 45.0 Å². The number of hydrogen-bond acceptors (Lipinski definition) is 3. The van der Waals surface area contributed by atoms with Crippen LogP contribution in [-0.2, 0) is 14.8 Å². The van der Waals surface area contributed by atoms with E-state index in [-0.39, 0.29) is 10.8 Å². The van der Waals surface area contributed by atoms with Gasteiger partial charge in [-0.3, -0.25) is 4.79 Å². The Hall–Kier alpha value is -2.44. The molecule has 2 aromatic carbocycles. The van der Waals surface area contributed by atoms with Crippen LogP contribution in [0.4, 0.5) is 5.69 Å². The summed E-state index contributed by atoms with van der Waals surface area (Å²) in [4.78, 5) is 12.3. The largest absolute Gasteiger partial charge is 0.322 e. The van der Waals surface area contributed by atoms with Gasteiger partial charge >= 0.3 is 0 Å². The molecule has 0 spiro atoms. The Labute approximate surface area is 155 Å². The molecule has 0 aromatic heterocycles. The molecule has 0 aliphatic heterocycles. The lowest BCUT2D eigenvalue weighted by molar-refractivity contribution is -0.111. The van der Waals surface area contributed by atoms with E-state index < -0.39 is 10.0 Å². The quantitative estimate of drug-likeness (QED) is 0.754. The molecule has 1 N–H and O–H groups in total. The van der Waals surface area contributed by atoms with Crippen LogP contribution in [0.15, 0.2) is 59.5 Å². The maximum atomic E-state index is 12.5. The number of para-hydroxylation sites is 1. The minimum Gasteiger partial charge on any atom is -0.322 e. The molecule has 0 saturated heterocycles. The molecule has 5 nitrogen and oxygen atoms in total. The van der Waals surface area contributed by atoms with Crippen molar-refractivity contribution in [3.63, 3.8) is 0 Å². The van der Waals surface area contributed by atoms with Gasteiger partial charge in [0.25, 0.3) is 0 Å². The van der Waals surface area contributed by atoms with E-state index in [1.54, 1.807) is 30.3 Å². The van der Waals surface area contributed by atoms with Gasteiger partial charge in [-0.15, -0.1) is 0 Å². The van der Waals surface area contributed by atoms with E-state index >= 15 is 0 Å². The Morgan fingerprint density at radius 3 is 2.23 bits per heavy atom. The Morgan fingerprint density at radius 1 is 1.04 bits per heavy atom. The third-order valence-corrected chi connectivity index (χ3v) is 6.12. The zero-order chi connectivity index (χ0) is 19.2. The molecular weight excluding hydrogens is 348 g/mol. The Balaban J connectivity index is 2.08. The lowest BCUT2D eigenvalue weighted by Gasteiger charge is -2.18. The number of hydrogen-bond donors (Lipinski definition) is 1. The summed E-state index contributed by atoms with van der Waals surface area (Å²) in [5.41, 5.74) is 2.51. The number of nitrogens with zero attached hydrogens (tertiary/aromatic N) is 1. The highest BCUT2D eigenvalue weighted by atomic mass is 32.2. The summed E-state index contributed by atoms with van der Waals surface area (Å²) in [7, 11) is -3.46. The van der Waals surface area contributed by atoms with Gasteiger partial charge in [0.05, 0.1) is 4.90 Å². The number of amides is 1. The minimum atomic E-state index is -3.46. The number of sulfonamides is 1. The zero-order valence-corrected chi connectivity index (χ0v) is 16.1. The molecule has 0 radical (unpaired) electrons. The van der Waals surface area contributed by atoms with Gasteiger partial charge in [0.15, 0.2) is 0 Å². The molecule has 26 heavy (non-hydrogen) atoms. The molecule has 0 atom stereocenters. The van der Waals surface area contributed by atoms with Crippen molar-refractivity contribution in [2.45, 2.75) is 25.7 Å². The Bertz CT molecular complexity index is 884. The molecule has 1 amide bonds. The third-order valence-electron chi connectivity index (χ3n) is 4.05. The van der Waals surface area contributed by atoms with Crippen molar-refractivity contribution in [1.29, 1.82) is 0 Å². The molecular formula is C20H24N2O3S. The third kappa shape index (κ3) is 4.80. The van der Waals surface area contributed by atoms with Gasteiger partial charge in [-0.05, 0) is 42.3 Å². The van der Waals surface area contributed by atoms with Crippen molar-refractivity contribution >= 4 is 27.7 Å². The predicted molar refractivity (Wildman–Crippen MR) is 105 cm³/mol. The molecule has 138 valence electrons. The number of anilines is 1. The van der Waals surface area contributed by atoms with Crippen LogP contribution >= 0.6 is 0 Å². The van der Waals surface area contributed by atoms with Crippen molar-refractivity contribution in [1.82, 2.24) is 4.31 Å². The summed E-state index contributed by atoms with van der Waals surface area (Å²) < 4.78 is 26.3. The number of rotatable bonds is 7. The number of nitrogens with one attached hydrogen (secondary N) is 1. The van der Waals surface area contributed by atoms with Crippen molar-refractivity contribution < 1.29 is 13.2 Å². The van der Waals surface area contributed by atoms with Crippen LogP contribution in [0.5, 0.6) is 0 Å². The number of carbonyl (C=O) groups is 1. The first-order valence-corrected chi connectivity index (χ1v) is 9.97. The fourth-order valence-corrected chi connectivity index (χ4v) is 3.98. The average molecular weight is 372 g/mol. The second kappa shape index (κ2) is 8.78. The molecule has 0 heterocycles. The average Bonchev–Trinajstić information content (AvgIpc) is 2.63. The van der Waals surface area contributed by atoms with E-state index in [9.17, 15) is 13.2 Å². The number of carbonyl (C=O) groups excluding carboxylic acids is 1. The van der Waals surface area contributed by atoms with Gasteiger partial charge in [0.2, 0.25) is 15.9 Å². The van der Waals surface area contributed by atoms with Crippen LogP contribution in [0, 0.1) is 6.92 Å². The maximum Gasteiger partial charge on any atom is 0.248 e. The smallest absolute Gasteiger partial charge is 0.248 e. The fourth-order valence-electron chi connectivity index (χ4n) is 2.52. The molecule has 0 aliphatic rings. The van der Waals surface area contributed by atoms with E-state index in [0.717, 1.165) is 16.8 Å². The van der Waals surface area contributed by atoms with Crippen LogP contribution in [0.3, 0.4) is 0 Å². The van der Waals surface area contributed by atoms with Gasteiger partial charge in [-0.1, -0.05) is 44.2 Å². The van der Waals surface area contributed by atoms with Gasteiger partial charge < -0.3 is 5.32 Å². The SMILES string of the molecule is CCN(CC)S(=O)(=O)c1ccc(/C=C/C(=O)Nc2ccccc2C)cc1. The number of benzene rings is 2. The fraction of sp³-hybridized carbons (Fsp3) is 0.250. The molecule has 0 unspecified atom stereocenters. The second-order valence-corrected chi connectivity index (χ2v) is 7.73. The zero-order valence-electron chi connectivity index (χ0n) is 15.3. The number of aryl methyl sites for hydroxylation is 1. The highest BCUT2D eigenvalue weighted by Crippen LogP contribution is 2.17. The van der Waals surface area contributed by atoms with Crippen LogP contribution in [0.1, 0.15) is 25.0 Å². The summed E-state index contributed by atoms with van der Waals surface area (Å²) in [6.07, 6.45) is 3.09. The summed E-state index contributed by atoms with van der Waals surface area (Å²) in [5.74, 6) is -0.237. The van der Waals surface area contributed by atoms with Gasteiger partial charge in [0, 0.05) is 24.9 Å². The second-order valence-electron chi connectivity index (χ2n) is 5.80. The lowest BCUT2D eigenvalue weighted by Crippen LogP contribution is -2.30. The van der Waals surface area contributed by atoms with Gasteiger partial charge in [0.1, 0.15) is 0 Å². The topological polar surface area (TPSA) is 66.5 Å². The monoisotopic (exact) mass is 372 g/mol. The summed E-state index contributed by atoms with van der Waals surface area (Å²) in [6.45, 7) is 6.41. The van der Waals surface area contributed by atoms with Crippen molar-refractivity contribution in [3.05, 3.63) is 65.7 Å². The standard InChI is InChI=1S/C20H24N2O3S/c1-4-22(5-2)26(24,25)18-13-10-17(11-14-18)12-15-20(23)21-19-9-7-6-8-16(19)3/h6-15H,4-5H2,1-3H3,(H,21,23)/b15-12+. The van der Waals surface area contributed by atoms with Crippen molar-refractivity contribution in [2.75, 3.05) is 18.4 Å². The predicted octanol–water partition coefficient (Wildman–Crippen LogP) is 3.68. The van der Waals surface area contributed by atoms with Crippen molar-refractivity contribution in [2.24, 2.45) is 0 Å². The Kier molecular flexibility index (Phi) is 6.71. The van der Waals surface area contributed by atoms with Crippen molar-refractivity contribution in [3.8, 4) is 0 Å². The van der Waals surface area contributed by atoms with Crippen LogP contribution in [0.25, 0.3) is 6.08 Å². The first kappa shape index (κ1) is 19.9. The molecule has 0 bridgehead atoms. The molecule has 0 aliphatic carbocycles. The van der Waals surface area contributed by atoms with Crippen LogP contribution in [-0.4, -0.2) is 31.7 Å². The van der Waals surface area contributed by atoms with E-state index in [1.165, 1.54) is 10.4 Å². The normalized spacial score (nSPS) is 11.8. The van der Waals surface area contributed by atoms with Gasteiger partial charge in [-0.2, -0.15) is 4.31 Å². The first-order valence-electron chi connectivity index (χ1n) is 8.53. The highest BCUT2D eigenvalue weighted by molar-refractivity contribution is 7.89. The highest BCUT2D eigenvalue weighted by Gasteiger charge is 2.20. The minimum absolute atomic E-state index is 0.237. The molecule has 2 aromatic rings. The maximum absolute atomic E-state index is 12.5. The van der Waals surface area contributed by atoms with Crippen LogP contribution < -0.4 is 5.32 Å². The lowest BCUT2D eigenvalue weighted by atomic mass is 10.2. The summed E-state index contributed by atoms with van der Waals surface area (Å²) >= 11 is 0. The first-order chi connectivity index (χ1) is 12.4.